The van der Waals surface area contributed by atoms with Gasteiger partial charge in [-0.15, -0.1) is 4.68 Å². The second-order valence-electron chi connectivity index (χ2n) is 4.68. The van der Waals surface area contributed by atoms with Crippen molar-refractivity contribution in [2.75, 3.05) is 11.9 Å². The third-order valence-electron chi connectivity index (χ3n) is 3.19. The standard InChI is InChI=1S/C14H10F2N6O2/c1-20(11-7-2-3-8-17-11)13(23)22-14(24)21(18-19-22)12-9(15)5-4-6-10(12)16/h2-8H,1H3. The quantitative estimate of drug-likeness (QED) is 0.658. The van der Waals surface area contributed by atoms with E-state index in [9.17, 15) is 18.4 Å². The third-order valence-corrected chi connectivity index (χ3v) is 3.19. The minimum atomic E-state index is -1.10. The van der Waals surface area contributed by atoms with Crippen molar-refractivity contribution in [1.29, 1.82) is 0 Å². The Bertz CT molecular complexity index is 933. The highest BCUT2D eigenvalue weighted by Crippen LogP contribution is 2.14. The molecule has 10 heteroatoms. The predicted octanol–water partition coefficient (Wildman–Crippen LogP) is 1.21. The maximum Gasteiger partial charge on any atom is 0.377 e. The Hall–Kier alpha value is -3.43. The lowest BCUT2D eigenvalue weighted by molar-refractivity contribution is 0.245. The average Bonchev–Trinajstić information content (AvgIpc) is 2.96. The maximum absolute atomic E-state index is 13.8. The molecule has 2 heterocycles. The van der Waals surface area contributed by atoms with Crippen molar-refractivity contribution < 1.29 is 13.6 Å². The van der Waals surface area contributed by atoms with Gasteiger partial charge < -0.3 is 0 Å². The molecule has 0 bridgehead atoms. The molecule has 0 unspecified atom stereocenters. The number of amides is 1. The van der Waals surface area contributed by atoms with E-state index in [0.717, 1.165) is 23.1 Å². The van der Waals surface area contributed by atoms with Gasteiger partial charge in [0.15, 0.2) is 11.6 Å². The molecule has 0 aliphatic rings. The van der Waals surface area contributed by atoms with Gasteiger partial charge in [-0.3, -0.25) is 4.90 Å². The van der Waals surface area contributed by atoms with Crippen molar-refractivity contribution in [3.8, 4) is 5.69 Å². The number of rotatable bonds is 2. The first-order valence-corrected chi connectivity index (χ1v) is 6.69. The van der Waals surface area contributed by atoms with E-state index in [2.05, 4.69) is 15.4 Å². The van der Waals surface area contributed by atoms with Crippen molar-refractivity contribution in [3.05, 3.63) is 64.7 Å². The summed E-state index contributed by atoms with van der Waals surface area (Å²) < 4.78 is 28.3. The lowest BCUT2D eigenvalue weighted by Crippen LogP contribution is -2.39. The zero-order valence-electron chi connectivity index (χ0n) is 12.3. The van der Waals surface area contributed by atoms with Gasteiger partial charge in [0.1, 0.15) is 11.5 Å². The highest BCUT2D eigenvalue weighted by molar-refractivity contribution is 5.91. The number of pyridine rings is 1. The van der Waals surface area contributed by atoms with Gasteiger partial charge in [0.2, 0.25) is 0 Å². The summed E-state index contributed by atoms with van der Waals surface area (Å²) in [7, 11) is 1.37. The number of aromatic nitrogens is 5. The Labute approximate surface area is 133 Å². The Morgan fingerprint density at radius 1 is 1.08 bits per heavy atom. The molecule has 0 aliphatic heterocycles. The molecule has 0 spiro atoms. The molecule has 0 saturated heterocycles. The first-order chi connectivity index (χ1) is 11.5. The average molecular weight is 332 g/mol. The molecule has 0 radical (unpaired) electrons. The van der Waals surface area contributed by atoms with E-state index in [1.807, 2.05) is 0 Å². The van der Waals surface area contributed by atoms with Gasteiger partial charge in [-0.25, -0.2) is 23.4 Å². The Balaban J connectivity index is 2.02. The molecule has 0 atom stereocenters. The fraction of sp³-hybridized carbons (Fsp3) is 0.0714. The van der Waals surface area contributed by atoms with Crippen LogP contribution in [0.15, 0.2) is 47.4 Å². The van der Waals surface area contributed by atoms with Crippen molar-refractivity contribution >= 4 is 11.8 Å². The highest BCUT2D eigenvalue weighted by Gasteiger charge is 2.23. The van der Waals surface area contributed by atoms with Gasteiger partial charge in [0.05, 0.1) is 0 Å². The molecule has 3 aromatic rings. The van der Waals surface area contributed by atoms with Gasteiger partial charge in [-0.1, -0.05) is 12.1 Å². The molecule has 3 rings (SSSR count). The zero-order valence-corrected chi connectivity index (χ0v) is 12.3. The largest absolute Gasteiger partial charge is 0.377 e. The Kier molecular flexibility index (Phi) is 3.86. The predicted molar refractivity (Wildman–Crippen MR) is 79.0 cm³/mol. The van der Waals surface area contributed by atoms with Crippen molar-refractivity contribution in [2.24, 2.45) is 0 Å². The number of hydrogen-bond acceptors (Lipinski definition) is 5. The van der Waals surface area contributed by atoms with Crippen LogP contribution in [-0.2, 0) is 0 Å². The number of halogens is 2. The summed E-state index contributed by atoms with van der Waals surface area (Å²) in [5.74, 6) is -1.75. The molecule has 1 aromatic carbocycles. The van der Waals surface area contributed by atoms with Gasteiger partial charge in [0, 0.05) is 13.2 Å². The Morgan fingerprint density at radius 3 is 2.42 bits per heavy atom. The summed E-state index contributed by atoms with van der Waals surface area (Å²) in [5.41, 5.74) is -1.81. The summed E-state index contributed by atoms with van der Waals surface area (Å²) >= 11 is 0. The monoisotopic (exact) mass is 332 g/mol. The molecule has 0 N–H and O–H groups in total. The van der Waals surface area contributed by atoms with E-state index in [-0.39, 0.29) is 5.82 Å². The summed E-state index contributed by atoms with van der Waals surface area (Å²) in [6.45, 7) is 0. The zero-order chi connectivity index (χ0) is 17.3. The Morgan fingerprint density at radius 2 is 1.79 bits per heavy atom. The maximum atomic E-state index is 13.8. The van der Waals surface area contributed by atoms with Crippen LogP contribution in [0.4, 0.5) is 19.4 Å². The van der Waals surface area contributed by atoms with Gasteiger partial charge in [0.25, 0.3) is 0 Å². The molecular weight excluding hydrogens is 322 g/mol. The van der Waals surface area contributed by atoms with Crippen LogP contribution in [0.2, 0.25) is 0 Å². The van der Waals surface area contributed by atoms with Crippen molar-refractivity contribution in [3.63, 3.8) is 0 Å². The molecule has 0 saturated carbocycles. The van der Waals surface area contributed by atoms with E-state index in [4.69, 9.17) is 0 Å². The minimum Gasteiger partial charge on any atom is -0.280 e. The van der Waals surface area contributed by atoms with Gasteiger partial charge in [-0.05, 0) is 34.7 Å². The van der Waals surface area contributed by atoms with E-state index >= 15 is 0 Å². The lowest BCUT2D eigenvalue weighted by atomic mass is 10.3. The summed E-state index contributed by atoms with van der Waals surface area (Å²) in [6, 6.07) is 7.05. The first kappa shape index (κ1) is 15.5. The minimum absolute atomic E-state index is 0.265. The fourth-order valence-electron chi connectivity index (χ4n) is 1.99. The van der Waals surface area contributed by atoms with E-state index < -0.39 is 29.0 Å². The molecule has 1 amide bonds. The van der Waals surface area contributed by atoms with Crippen LogP contribution in [0.25, 0.3) is 5.69 Å². The smallest absolute Gasteiger partial charge is 0.280 e. The number of anilines is 1. The molecular formula is C14H10F2N6O2. The fourth-order valence-corrected chi connectivity index (χ4v) is 1.99. The third kappa shape index (κ3) is 2.53. The second kappa shape index (κ2) is 5.99. The molecule has 8 nitrogen and oxygen atoms in total. The number of para-hydroxylation sites is 1. The lowest BCUT2D eigenvalue weighted by Gasteiger charge is -2.13. The van der Waals surface area contributed by atoms with E-state index in [1.54, 1.807) is 18.2 Å². The number of benzene rings is 1. The van der Waals surface area contributed by atoms with Crippen LogP contribution in [0.5, 0.6) is 0 Å². The highest BCUT2D eigenvalue weighted by atomic mass is 19.1. The number of hydrogen-bond donors (Lipinski definition) is 0. The van der Waals surface area contributed by atoms with Crippen LogP contribution in [0.1, 0.15) is 0 Å². The number of carbonyl (C=O) groups excluding carboxylic acids is 1. The molecule has 122 valence electrons. The van der Waals surface area contributed by atoms with Crippen LogP contribution >= 0.6 is 0 Å². The molecule has 24 heavy (non-hydrogen) atoms. The van der Waals surface area contributed by atoms with Crippen LogP contribution in [-0.4, -0.2) is 37.9 Å². The number of tetrazole rings is 1. The van der Waals surface area contributed by atoms with Crippen molar-refractivity contribution in [1.82, 2.24) is 24.8 Å². The molecule has 0 fully saturated rings. The second-order valence-corrected chi connectivity index (χ2v) is 4.68. The molecule has 0 aliphatic carbocycles. The first-order valence-electron chi connectivity index (χ1n) is 6.69. The summed E-state index contributed by atoms with van der Waals surface area (Å²) in [6.07, 6.45) is 1.47. The number of nitrogens with zero attached hydrogens (tertiary/aromatic N) is 6. The summed E-state index contributed by atoms with van der Waals surface area (Å²) in [4.78, 5) is 29.6. The van der Waals surface area contributed by atoms with Gasteiger partial charge in [-0.2, -0.15) is 4.68 Å². The van der Waals surface area contributed by atoms with Crippen LogP contribution < -0.4 is 10.6 Å². The topological polar surface area (TPSA) is 85.9 Å². The van der Waals surface area contributed by atoms with Gasteiger partial charge >= 0.3 is 11.7 Å². The normalized spacial score (nSPS) is 10.6. The SMILES string of the molecule is CN(C(=O)n1nnn(-c2c(F)cccc2F)c1=O)c1ccccn1. The molecule has 2 aromatic heterocycles. The van der Waals surface area contributed by atoms with E-state index in [0.29, 0.717) is 9.36 Å². The summed E-state index contributed by atoms with van der Waals surface area (Å²) in [5, 5.41) is 6.76. The van der Waals surface area contributed by atoms with E-state index in [1.165, 1.54) is 13.2 Å². The van der Waals surface area contributed by atoms with Crippen molar-refractivity contribution in [2.45, 2.75) is 0 Å². The van der Waals surface area contributed by atoms with Crippen LogP contribution in [0.3, 0.4) is 0 Å². The number of carbonyl (C=O) groups is 1. The van der Waals surface area contributed by atoms with Crippen LogP contribution in [0, 0.1) is 11.6 Å².